The molecule has 0 fully saturated rings. The normalized spacial score (nSPS) is 13.0. The van der Waals surface area contributed by atoms with Gasteiger partial charge in [-0.1, -0.05) is 68.9 Å². The molecule has 0 spiro atoms. The van der Waals surface area contributed by atoms with E-state index in [2.05, 4.69) is 0 Å². The fourth-order valence-corrected chi connectivity index (χ4v) is 2.46. The zero-order valence-corrected chi connectivity index (χ0v) is 16.5. The van der Waals surface area contributed by atoms with E-state index in [-0.39, 0.29) is 11.8 Å². The number of rotatable bonds is 16. The first-order chi connectivity index (χ1) is 12.6. The van der Waals surface area contributed by atoms with Gasteiger partial charge in [0.25, 0.3) is 0 Å². The number of carbonyl (C=O) groups excluding carboxylic acids is 2. The number of carbonyl (C=O) groups is 2. The Bertz CT molecular complexity index is 447. The van der Waals surface area contributed by atoms with Gasteiger partial charge >= 0.3 is 5.97 Å². The summed E-state index contributed by atoms with van der Waals surface area (Å²) in [5, 5.41) is 9.04. The molecular formula is C22H36O4. The predicted octanol–water partition coefficient (Wildman–Crippen LogP) is 5.07. The molecule has 0 bridgehead atoms. The van der Waals surface area contributed by atoms with Gasteiger partial charge in [0.1, 0.15) is 0 Å². The van der Waals surface area contributed by atoms with E-state index in [9.17, 15) is 9.59 Å². The molecule has 0 amide bonds. The number of hydrogen-bond donors (Lipinski definition) is 1. The second-order valence-corrected chi connectivity index (χ2v) is 6.47. The van der Waals surface area contributed by atoms with Crippen LogP contribution >= 0.6 is 0 Å². The summed E-state index contributed by atoms with van der Waals surface area (Å²) in [6.07, 6.45) is 19.8. The largest absolute Gasteiger partial charge is 0.466 e. The van der Waals surface area contributed by atoms with Gasteiger partial charge < -0.3 is 9.84 Å². The van der Waals surface area contributed by atoms with Gasteiger partial charge in [-0.2, -0.15) is 0 Å². The first-order valence-corrected chi connectivity index (χ1v) is 9.94. The maximum atomic E-state index is 11.7. The lowest BCUT2D eigenvalue weighted by molar-refractivity contribution is -0.143. The quantitative estimate of drug-likeness (QED) is 0.180. The van der Waals surface area contributed by atoms with Crippen LogP contribution in [0.1, 0.15) is 78.1 Å². The van der Waals surface area contributed by atoms with Gasteiger partial charge in [-0.25, -0.2) is 0 Å². The Balaban J connectivity index is 3.44. The third-order valence-electron chi connectivity index (χ3n) is 3.86. The summed E-state index contributed by atoms with van der Waals surface area (Å²) in [7, 11) is 0. The van der Waals surface area contributed by atoms with Crippen LogP contribution in [0.5, 0.6) is 0 Å². The van der Waals surface area contributed by atoms with Crippen molar-refractivity contribution in [3.63, 3.8) is 0 Å². The SMILES string of the molecule is CCOC(=O)CCCCCCCCCCC(=O)C=CC=CC=CC(C)O. The summed E-state index contributed by atoms with van der Waals surface area (Å²) in [6, 6.07) is 0. The van der Waals surface area contributed by atoms with E-state index in [0.717, 1.165) is 32.1 Å². The van der Waals surface area contributed by atoms with Crippen LogP contribution in [-0.4, -0.2) is 29.6 Å². The van der Waals surface area contributed by atoms with E-state index < -0.39 is 6.10 Å². The Hall–Kier alpha value is -1.68. The molecule has 148 valence electrons. The van der Waals surface area contributed by atoms with Crippen molar-refractivity contribution in [2.24, 2.45) is 0 Å². The van der Waals surface area contributed by atoms with Crippen molar-refractivity contribution in [1.82, 2.24) is 0 Å². The molecule has 1 N–H and O–H groups in total. The number of ketones is 1. The second-order valence-electron chi connectivity index (χ2n) is 6.47. The van der Waals surface area contributed by atoms with Crippen LogP contribution in [0.4, 0.5) is 0 Å². The number of allylic oxidation sites excluding steroid dienone is 5. The molecule has 0 saturated carbocycles. The van der Waals surface area contributed by atoms with Gasteiger partial charge in [0.05, 0.1) is 12.7 Å². The van der Waals surface area contributed by atoms with Crippen molar-refractivity contribution in [2.45, 2.75) is 84.2 Å². The minimum atomic E-state index is -0.449. The predicted molar refractivity (Wildman–Crippen MR) is 107 cm³/mol. The van der Waals surface area contributed by atoms with Crippen LogP contribution in [-0.2, 0) is 14.3 Å². The van der Waals surface area contributed by atoms with E-state index in [1.807, 2.05) is 6.92 Å². The summed E-state index contributed by atoms with van der Waals surface area (Å²) in [5.74, 6) is 0.0750. The maximum Gasteiger partial charge on any atom is 0.305 e. The van der Waals surface area contributed by atoms with Crippen molar-refractivity contribution in [3.05, 3.63) is 36.5 Å². The van der Waals surface area contributed by atoms with Crippen molar-refractivity contribution < 1.29 is 19.4 Å². The smallest absolute Gasteiger partial charge is 0.305 e. The van der Waals surface area contributed by atoms with Gasteiger partial charge in [0.2, 0.25) is 0 Å². The molecule has 1 unspecified atom stereocenters. The zero-order valence-electron chi connectivity index (χ0n) is 16.5. The van der Waals surface area contributed by atoms with Crippen LogP contribution in [0.3, 0.4) is 0 Å². The lowest BCUT2D eigenvalue weighted by atomic mass is 10.1. The van der Waals surface area contributed by atoms with E-state index in [1.165, 1.54) is 19.3 Å². The van der Waals surface area contributed by atoms with Crippen LogP contribution in [0.25, 0.3) is 0 Å². The number of aliphatic hydroxyl groups is 1. The van der Waals surface area contributed by atoms with Crippen LogP contribution in [0.2, 0.25) is 0 Å². The minimum Gasteiger partial charge on any atom is -0.466 e. The molecule has 4 heteroatoms. The minimum absolute atomic E-state index is 0.0852. The Kier molecular flexibility index (Phi) is 17.0. The van der Waals surface area contributed by atoms with Crippen molar-refractivity contribution in [1.29, 1.82) is 0 Å². The number of aliphatic hydroxyl groups excluding tert-OH is 1. The van der Waals surface area contributed by atoms with E-state index in [4.69, 9.17) is 9.84 Å². The molecule has 26 heavy (non-hydrogen) atoms. The van der Waals surface area contributed by atoms with Crippen LogP contribution in [0, 0.1) is 0 Å². The fourth-order valence-electron chi connectivity index (χ4n) is 2.46. The van der Waals surface area contributed by atoms with Crippen molar-refractivity contribution in [3.8, 4) is 0 Å². The summed E-state index contributed by atoms with van der Waals surface area (Å²) in [4.78, 5) is 22.8. The van der Waals surface area contributed by atoms with E-state index in [0.29, 0.717) is 19.4 Å². The summed E-state index contributed by atoms with van der Waals surface area (Å²) < 4.78 is 4.90. The fraction of sp³-hybridized carbons (Fsp3) is 0.636. The van der Waals surface area contributed by atoms with Crippen LogP contribution < -0.4 is 0 Å². The lowest BCUT2D eigenvalue weighted by Crippen LogP contribution is -2.03. The molecule has 0 heterocycles. The highest BCUT2D eigenvalue weighted by Gasteiger charge is 2.01. The Morgan fingerprint density at radius 1 is 0.846 bits per heavy atom. The highest BCUT2D eigenvalue weighted by atomic mass is 16.5. The molecular weight excluding hydrogens is 328 g/mol. The van der Waals surface area contributed by atoms with Gasteiger partial charge in [0, 0.05) is 12.8 Å². The van der Waals surface area contributed by atoms with Crippen molar-refractivity contribution in [2.75, 3.05) is 6.61 Å². The van der Waals surface area contributed by atoms with E-state index >= 15 is 0 Å². The van der Waals surface area contributed by atoms with Gasteiger partial charge in [-0.3, -0.25) is 9.59 Å². The zero-order chi connectivity index (χ0) is 19.5. The summed E-state index contributed by atoms with van der Waals surface area (Å²) >= 11 is 0. The average molecular weight is 365 g/mol. The third-order valence-corrected chi connectivity index (χ3v) is 3.86. The average Bonchev–Trinajstić information content (AvgIpc) is 2.59. The molecule has 4 nitrogen and oxygen atoms in total. The molecule has 0 saturated heterocycles. The first-order valence-electron chi connectivity index (χ1n) is 9.94. The monoisotopic (exact) mass is 364 g/mol. The number of ether oxygens (including phenoxy) is 1. The Morgan fingerprint density at radius 2 is 1.38 bits per heavy atom. The number of esters is 1. The van der Waals surface area contributed by atoms with Crippen molar-refractivity contribution >= 4 is 11.8 Å². The molecule has 0 rings (SSSR count). The Morgan fingerprint density at radius 3 is 1.96 bits per heavy atom. The highest BCUT2D eigenvalue weighted by Crippen LogP contribution is 2.11. The standard InChI is InChI=1S/C22H36O4/c1-3-26-22(25)19-15-9-7-5-4-6-8-13-17-21(24)18-14-11-10-12-16-20(2)23/h10-12,14,16,18,20,23H,3-9,13,15,17,19H2,1-2H3. The molecule has 0 aromatic carbocycles. The Labute approximate surface area is 159 Å². The maximum absolute atomic E-state index is 11.7. The topological polar surface area (TPSA) is 63.6 Å². The molecule has 1 atom stereocenters. The molecule has 0 aromatic heterocycles. The lowest BCUT2D eigenvalue weighted by Gasteiger charge is -2.02. The van der Waals surface area contributed by atoms with Crippen LogP contribution in [0.15, 0.2) is 36.5 Å². The molecule has 0 aliphatic rings. The molecule has 0 aliphatic heterocycles. The van der Waals surface area contributed by atoms with Gasteiger partial charge in [0.15, 0.2) is 5.78 Å². The van der Waals surface area contributed by atoms with Gasteiger partial charge in [-0.15, -0.1) is 0 Å². The highest BCUT2D eigenvalue weighted by molar-refractivity contribution is 5.89. The second kappa shape index (κ2) is 18.1. The summed E-state index contributed by atoms with van der Waals surface area (Å²) in [6.45, 7) is 3.99. The first kappa shape index (κ1) is 24.3. The number of hydrogen-bond acceptors (Lipinski definition) is 4. The van der Waals surface area contributed by atoms with E-state index in [1.54, 1.807) is 43.4 Å². The molecule has 0 aromatic rings. The summed E-state index contributed by atoms with van der Waals surface area (Å²) in [5.41, 5.74) is 0. The molecule has 0 aliphatic carbocycles. The third kappa shape index (κ3) is 18.7. The van der Waals surface area contributed by atoms with Gasteiger partial charge in [-0.05, 0) is 32.8 Å². The molecule has 0 radical (unpaired) electrons. The number of unbranched alkanes of at least 4 members (excludes halogenated alkanes) is 7.